The van der Waals surface area contributed by atoms with Crippen LogP contribution in [0.2, 0.25) is 0 Å². The summed E-state index contributed by atoms with van der Waals surface area (Å²) in [6, 6.07) is 10.7. The third kappa shape index (κ3) is 3.31. The topological polar surface area (TPSA) is 106 Å². The SMILES string of the molecule is N#Cc1cccc(-c2ccnc(C(=O)NC3CCN(C#N)C3)n2)c1. The van der Waals surface area contributed by atoms with Crippen molar-refractivity contribution in [2.24, 2.45) is 0 Å². The number of carbonyl (C=O) groups excluding carboxylic acids is 1. The lowest BCUT2D eigenvalue weighted by Crippen LogP contribution is -2.37. The first kappa shape index (κ1) is 15.4. The molecule has 1 N–H and O–H groups in total. The van der Waals surface area contributed by atoms with Crippen LogP contribution in [-0.2, 0) is 0 Å². The molecule has 2 heterocycles. The maximum absolute atomic E-state index is 12.3. The summed E-state index contributed by atoms with van der Waals surface area (Å²) >= 11 is 0. The van der Waals surface area contributed by atoms with Crippen molar-refractivity contribution in [3.8, 4) is 23.5 Å². The second-order valence-electron chi connectivity index (χ2n) is 5.46. The van der Waals surface area contributed by atoms with Gasteiger partial charge in [-0.1, -0.05) is 12.1 Å². The summed E-state index contributed by atoms with van der Waals surface area (Å²) in [5, 5.41) is 20.7. The van der Waals surface area contributed by atoms with Gasteiger partial charge in [0.1, 0.15) is 0 Å². The number of carbonyl (C=O) groups is 1. The molecule has 1 aliphatic rings. The molecule has 118 valence electrons. The van der Waals surface area contributed by atoms with E-state index >= 15 is 0 Å². The van der Waals surface area contributed by atoms with Crippen molar-refractivity contribution < 1.29 is 4.79 Å². The summed E-state index contributed by atoms with van der Waals surface area (Å²) < 4.78 is 0. The molecule has 0 aliphatic carbocycles. The minimum atomic E-state index is -0.363. The Morgan fingerprint density at radius 3 is 2.96 bits per heavy atom. The van der Waals surface area contributed by atoms with Gasteiger partial charge in [0.15, 0.2) is 6.19 Å². The summed E-state index contributed by atoms with van der Waals surface area (Å²) in [6.45, 7) is 1.15. The van der Waals surface area contributed by atoms with E-state index in [0.29, 0.717) is 24.3 Å². The highest BCUT2D eigenvalue weighted by atomic mass is 16.2. The molecule has 1 amide bonds. The van der Waals surface area contributed by atoms with Gasteiger partial charge in [-0.15, -0.1) is 0 Å². The highest BCUT2D eigenvalue weighted by Gasteiger charge is 2.24. The van der Waals surface area contributed by atoms with Crippen LogP contribution in [0.3, 0.4) is 0 Å². The van der Waals surface area contributed by atoms with E-state index in [1.54, 1.807) is 29.2 Å². The number of hydrogen-bond donors (Lipinski definition) is 1. The molecule has 1 aliphatic heterocycles. The quantitative estimate of drug-likeness (QED) is 0.855. The Hall–Kier alpha value is -3.45. The van der Waals surface area contributed by atoms with Gasteiger partial charge in [0.25, 0.3) is 5.91 Å². The van der Waals surface area contributed by atoms with E-state index in [1.165, 1.54) is 6.20 Å². The Morgan fingerprint density at radius 1 is 1.33 bits per heavy atom. The number of nitriles is 2. The predicted octanol–water partition coefficient (Wildman–Crippen LogP) is 1.30. The molecule has 1 aromatic carbocycles. The summed E-state index contributed by atoms with van der Waals surface area (Å²) in [6.07, 6.45) is 4.32. The predicted molar refractivity (Wildman–Crippen MR) is 85.2 cm³/mol. The Bertz CT molecular complexity index is 851. The lowest BCUT2D eigenvalue weighted by atomic mass is 10.1. The number of amides is 1. The van der Waals surface area contributed by atoms with Gasteiger partial charge in [-0.25, -0.2) is 9.97 Å². The average molecular weight is 318 g/mol. The molecule has 2 aromatic rings. The van der Waals surface area contributed by atoms with Crippen molar-refractivity contribution in [1.29, 1.82) is 10.5 Å². The first-order valence-electron chi connectivity index (χ1n) is 7.48. The molecule has 1 aromatic heterocycles. The molecule has 1 fully saturated rings. The Morgan fingerprint density at radius 2 is 2.21 bits per heavy atom. The van der Waals surface area contributed by atoms with Crippen LogP contribution in [0.5, 0.6) is 0 Å². The van der Waals surface area contributed by atoms with Gasteiger partial charge in [0, 0.05) is 30.9 Å². The fourth-order valence-corrected chi connectivity index (χ4v) is 2.60. The van der Waals surface area contributed by atoms with Crippen molar-refractivity contribution in [3.05, 3.63) is 47.9 Å². The molecule has 0 saturated carbocycles. The Kier molecular flexibility index (Phi) is 4.35. The highest BCUT2D eigenvalue weighted by molar-refractivity contribution is 5.91. The first-order chi connectivity index (χ1) is 11.7. The minimum Gasteiger partial charge on any atom is -0.345 e. The van der Waals surface area contributed by atoms with Crippen LogP contribution in [0.4, 0.5) is 0 Å². The molecule has 0 spiro atoms. The first-order valence-corrected chi connectivity index (χ1v) is 7.48. The van der Waals surface area contributed by atoms with Gasteiger partial charge < -0.3 is 10.2 Å². The molecule has 1 atom stereocenters. The van der Waals surface area contributed by atoms with Gasteiger partial charge in [-0.2, -0.15) is 10.5 Å². The van der Waals surface area contributed by atoms with Gasteiger partial charge in [0.05, 0.1) is 17.3 Å². The van der Waals surface area contributed by atoms with E-state index in [1.807, 2.05) is 6.07 Å². The average Bonchev–Trinajstić information content (AvgIpc) is 3.09. The molecule has 1 unspecified atom stereocenters. The number of nitrogens with zero attached hydrogens (tertiary/aromatic N) is 5. The highest BCUT2D eigenvalue weighted by Crippen LogP contribution is 2.18. The zero-order valence-corrected chi connectivity index (χ0v) is 12.8. The zero-order chi connectivity index (χ0) is 16.9. The molecular weight excluding hydrogens is 304 g/mol. The maximum atomic E-state index is 12.3. The number of likely N-dealkylation sites (tertiary alicyclic amines) is 1. The third-order valence-electron chi connectivity index (χ3n) is 3.81. The largest absolute Gasteiger partial charge is 0.345 e. The van der Waals surface area contributed by atoms with Gasteiger partial charge >= 0.3 is 0 Å². The van der Waals surface area contributed by atoms with Gasteiger partial charge in [-0.05, 0) is 24.6 Å². The monoisotopic (exact) mass is 318 g/mol. The van der Waals surface area contributed by atoms with E-state index in [0.717, 1.165) is 12.0 Å². The van der Waals surface area contributed by atoms with Crippen molar-refractivity contribution in [3.63, 3.8) is 0 Å². The van der Waals surface area contributed by atoms with Crippen LogP contribution in [0.15, 0.2) is 36.5 Å². The van der Waals surface area contributed by atoms with E-state index in [-0.39, 0.29) is 17.8 Å². The number of hydrogen-bond acceptors (Lipinski definition) is 6. The van der Waals surface area contributed by atoms with Crippen molar-refractivity contribution >= 4 is 5.91 Å². The standard InChI is InChI=1S/C17H14N6O/c18-9-12-2-1-3-13(8-12)15-4-6-20-16(22-15)17(24)21-14-5-7-23(10-14)11-19/h1-4,6,8,14H,5,7,10H2,(H,21,24). The normalized spacial score (nSPS) is 16.2. The van der Waals surface area contributed by atoms with Crippen LogP contribution in [0.25, 0.3) is 11.3 Å². The molecule has 24 heavy (non-hydrogen) atoms. The molecule has 7 heteroatoms. The van der Waals surface area contributed by atoms with Gasteiger partial charge in [-0.3, -0.25) is 4.79 Å². The summed E-state index contributed by atoms with van der Waals surface area (Å²) in [4.78, 5) is 22.2. The lowest BCUT2D eigenvalue weighted by Gasteiger charge is -2.11. The van der Waals surface area contributed by atoms with E-state index in [2.05, 4.69) is 27.5 Å². The van der Waals surface area contributed by atoms with Crippen molar-refractivity contribution in [2.75, 3.05) is 13.1 Å². The fourth-order valence-electron chi connectivity index (χ4n) is 2.60. The van der Waals surface area contributed by atoms with Crippen molar-refractivity contribution in [2.45, 2.75) is 12.5 Å². The fraction of sp³-hybridized carbons (Fsp3) is 0.235. The molecule has 1 saturated heterocycles. The molecule has 3 rings (SSSR count). The molecule has 0 radical (unpaired) electrons. The lowest BCUT2D eigenvalue weighted by molar-refractivity contribution is 0.0928. The number of aromatic nitrogens is 2. The number of benzene rings is 1. The van der Waals surface area contributed by atoms with Crippen LogP contribution in [0.1, 0.15) is 22.6 Å². The second kappa shape index (κ2) is 6.76. The minimum absolute atomic E-state index is 0.0743. The smallest absolute Gasteiger partial charge is 0.289 e. The van der Waals surface area contributed by atoms with Crippen LogP contribution < -0.4 is 5.32 Å². The van der Waals surface area contributed by atoms with Crippen molar-refractivity contribution in [1.82, 2.24) is 20.2 Å². The number of rotatable bonds is 3. The summed E-state index contributed by atoms with van der Waals surface area (Å²) in [5.41, 5.74) is 1.86. The van der Waals surface area contributed by atoms with Crippen LogP contribution in [0, 0.1) is 22.8 Å². The summed E-state index contributed by atoms with van der Waals surface area (Å²) in [5.74, 6) is -0.289. The van der Waals surface area contributed by atoms with E-state index < -0.39 is 0 Å². The molecular formula is C17H14N6O. The van der Waals surface area contributed by atoms with E-state index in [9.17, 15) is 4.79 Å². The maximum Gasteiger partial charge on any atom is 0.289 e. The Balaban J connectivity index is 1.77. The van der Waals surface area contributed by atoms with Crippen LogP contribution in [-0.4, -0.2) is 39.9 Å². The third-order valence-corrected chi connectivity index (χ3v) is 3.81. The zero-order valence-electron chi connectivity index (χ0n) is 12.8. The van der Waals surface area contributed by atoms with Gasteiger partial charge in [0.2, 0.25) is 5.82 Å². The Labute approximate surface area is 139 Å². The second-order valence-corrected chi connectivity index (χ2v) is 5.46. The van der Waals surface area contributed by atoms with Crippen LogP contribution >= 0.6 is 0 Å². The van der Waals surface area contributed by atoms with E-state index in [4.69, 9.17) is 10.5 Å². The molecule has 7 nitrogen and oxygen atoms in total. The molecule has 0 bridgehead atoms. The summed E-state index contributed by atoms with van der Waals surface area (Å²) in [7, 11) is 0. The number of nitrogens with one attached hydrogen (secondary N) is 1.